The van der Waals surface area contributed by atoms with Crippen LogP contribution in [-0.4, -0.2) is 16.8 Å². The Morgan fingerprint density at radius 1 is 1.13 bits per heavy atom. The summed E-state index contributed by atoms with van der Waals surface area (Å²) < 4.78 is 0. The summed E-state index contributed by atoms with van der Waals surface area (Å²) in [6, 6.07) is 11.0. The van der Waals surface area contributed by atoms with Crippen molar-refractivity contribution in [1.82, 2.24) is 4.98 Å². The van der Waals surface area contributed by atoms with E-state index in [9.17, 15) is 9.59 Å². The molecule has 2 amide bonds. The molecule has 1 saturated carbocycles. The molecule has 1 aliphatic carbocycles. The predicted octanol–water partition coefficient (Wildman–Crippen LogP) is 2.92. The second-order valence-corrected chi connectivity index (χ2v) is 5.88. The zero-order valence-corrected chi connectivity index (χ0v) is 13.0. The number of hydrogen-bond acceptors (Lipinski definition) is 3. The van der Waals surface area contributed by atoms with Crippen molar-refractivity contribution in [1.29, 1.82) is 0 Å². The van der Waals surface area contributed by atoms with Gasteiger partial charge in [0.15, 0.2) is 0 Å². The Morgan fingerprint density at radius 2 is 1.87 bits per heavy atom. The molecule has 0 atom stereocenters. The topological polar surface area (TPSA) is 71.1 Å². The lowest BCUT2D eigenvalue weighted by Gasteiger charge is -2.09. The number of pyridine rings is 1. The molecule has 1 aromatic heterocycles. The maximum Gasteiger partial charge on any atom is 0.228 e. The van der Waals surface area contributed by atoms with E-state index >= 15 is 0 Å². The van der Waals surface area contributed by atoms with Crippen LogP contribution in [0.1, 0.15) is 24.1 Å². The minimum atomic E-state index is -0.110. The number of aromatic nitrogens is 1. The number of nitrogens with one attached hydrogen (secondary N) is 2. The first-order valence-electron chi connectivity index (χ1n) is 7.72. The van der Waals surface area contributed by atoms with Crippen molar-refractivity contribution in [3.8, 4) is 0 Å². The second-order valence-electron chi connectivity index (χ2n) is 5.88. The third-order valence-electron chi connectivity index (χ3n) is 3.70. The third kappa shape index (κ3) is 4.39. The van der Waals surface area contributed by atoms with E-state index in [1.807, 2.05) is 31.2 Å². The zero-order valence-electron chi connectivity index (χ0n) is 13.0. The summed E-state index contributed by atoms with van der Waals surface area (Å²) in [5.74, 6) is 0.0998. The van der Waals surface area contributed by atoms with E-state index in [1.165, 1.54) is 0 Å². The summed E-state index contributed by atoms with van der Waals surface area (Å²) in [5.41, 5.74) is 3.17. The van der Waals surface area contributed by atoms with E-state index in [0.717, 1.165) is 24.1 Å². The summed E-state index contributed by atoms with van der Waals surface area (Å²) in [4.78, 5) is 28.0. The molecule has 2 N–H and O–H groups in total. The second kappa shape index (κ2) is 6.60. The molecule has 23 heavy (non-hydrogen) atoms. The van der Waals surface area contributed by atoms with Gasteiger partial charge in [-0.05, 0) is 49.6 Å². The van der Waals surface area contributed by atoms with Gasteiger partial charge in [-0.3, -0.25) is 14.6 Å². The number of benzene rings is 1. The molecule has 5 nitrogen and oxygen atoms in total. The lowest BCUT2D eigenvalue weighted by molar-refractivity contribution is -0.117. The van der Waals surface area contributed by atoms with Gasteiger partial charge >= 0.3 is 0 Å². The maximum absolute atomic E-state index is 12.1. The smallest absolute Gasteiger partial charge is 0.228 e. The Hall–Kier alpha value is -2.69. The van der Waals surface area contributed by atoms with Crippen molar-refractivity contribution in [2.24, 2.45) is 5.92 Å². The van der Waals surface area contributed by atoms with Gasteiger partial charge in [-0.2, -0.15) is 0 Å². The molecule has 1 aliphatic rings. The van der Waals surface area contributed by atoms with Crippen molar-refractivity contribution in [2.75, 3.05) is 10.6 Å². The molecule has 0 saturated heterocycles. The van der Waals surface area contributed by atoms with Gasteiger partial charge < -0.3 is 10.6 Å². The highest BCUT2D eigenvalue weighted by Crippen LogP contribution is 2.30. The molecule has 1 fully saturated rings. The lowest BCUT2D eigenvalue weighted by atomic mass is 10.2. The molecule has 1 aromatic carbocycles. The number of nitrogens with zero attached hydrogens (tertiary/aromatic N) is 1. The Kier molecular flexibility index (Phi) is 4.37. The molecule has 118 valence electrons. The van der Waals surface area contributed by atoms with Gasteiger partial charge in [-0.1, -0.05) is 12.1 Å². The van der Waals surface area contributed by atoms with Crippen LogP contribution in [0.5, 0.6) is 0 Å². The number of carbonyl (C=O) groups is 2. The normalized spacial score (nSPS) is 13.4. The van der Waals surface area contributed by atoms with Crippen LogP contribution in [0.4, 0.5) is 11.4 Å². The fourth-order valence-corrected chi connectivity index (χ4v) is 2.26. The first kappa shape index (κ1) is 15.2. The van der Waals surface area contributed by atoms with Crippen molar-refractivity contribution in [3.05, 3.63) is 53.9 Å². The highest BCUT2D eigenvalue weighted by molar-refractivity contribution is 5.96. The van der Waals surface area contributed by atoms with Gasteiger partial charge in [0.2, 0.25) is 11.8 Å². The minimum Gasteiger partial charge on any atom is -0.326 e. The largest absolute Gasteiger partial charge is 0.326 e. The lowest BCUT2D eigenvalue weighted by Crippen LogP contribution is -2.16. The van der Waals surface area contributed by atoms with Crippen molar-refractivity contribution in [3.63, 3.8) is 0 Å². The molecule has 0 aliphatic heterocycles. The number of hydrogen-bond donors (Lipinski definition) is 2. The first-order chi connectivity index (χ1) is 11.1. The van der Waals surface area contributed by atoms with Crippen LogP contribution in [0.15, 0.2) is 42.6 Å². The van der Waals surface area contributed by atoms with E-state index in [1.54, 1.807) is 18.3 Å². The van der Waals surface area contributed by atoms with Crippen LogP contribution in [0, 0.1) is 12.8 Å². The van der Waals surface area contributed by atoms with E-state index in [4.69, 9.17) is 0 Å². The number of aryl methyl sites for hydroxylation is 1. The molecular weight excluding hydrogens is 290 g/mol. The van der Waals surface area contributed by atoms with Crippen LogP contribution in [0.25, 0.3) is 0 Å². The Morgan fingerprint density at radius 3 is 2.52 bits per heavy atom. The van der Waals surface area contributed by atoms with Crippen LogP contribution >= 0.6 is 0 Å². The quantitative estimate of drug-likeness (QED) is 0.892. The molecule has 0 spiro atoms. The van der Waals surface area contributed by atoms with Crippen molar-refractivity contribution < 1.29 is 9.59 Å². The molecule has 5 heteroatoms. The molecule has 2 aromatic rings. The van der Waals surface area contributed by atoms with Crippen LogP contribution in [-0.2, 0) is 16.0 Å². The predicted molar refractivity (Wildman–Crippen MR) is 89.1 cm³/mol. The highest BCUT2D eigenvalue weighted by Gasteiger charge is 2.29. The zero-order chi connectivity index (χ0) is 16.2. The molecule has 1 heterocycles. The Bertz CT molecular complexity index is 721. The maximum atomic E-state index is 12.1. The molecular formula is C18H19N3O2. The van der Waals surface area contributed by atoms with E-state index in [-0.39, 0.29) is 24.2 Å². The van der Waals surface area contributed by atoms with Crippen LogP contribution in [0.3, 0.4) is 0 Å². The molecule has 0 bridgehead atoms. The Labute approximate surface area is 135 Å². The summed E-state index contributed by atoms with van der Waals surface area (Å²) in [5, 5.41) is 5.72. The summed E-state index contributed by atoms with van der Waals surface area (Å²) >= 11 is 0. The van der Waals surface area contributed by atoms with E-state index < -0.39 is 0 Å². The van der Waals surface area contributed by atoms with Gasteiger partial charge in [-0.15, -0.1) is 0 Å². The monoisotopic (exact) mass is 309 g/mol. The standard InChI is InChI=1S/C18H19N3O2/c1-12-5-6-13(11-19-12)9-17(22)20-15-3-2-4-16(10-15)21-18(23)14-7-8-14/h2-6,10-11,14H,7-9H2,1H3,(H,20,22)(H,21,23). The minimum absolute atomic E-state index is 0.0548. The number of carbonyl (C=O) groups excluding carboxylic acids is 2. The van der Waals surface area contributed by atoms with Gasteiger partial charge in [0.25, 0.3) is 0 Å². The highest BCUT2D eigenvalue weighted by atomic mass is 16.2. The summed E-state index contributed by atoms with van der Waals surface area (Å²) in [6.07, 6.45) is 3.91. The molecule has 0 radical (unpaired) electrons. The number of anilines is 2. The molecule has 0 unspecified atom stereocenters. The first-order valence-corrected chi connectivity index (χ1v) is 7.72. The Balaban J connectivity index is 1.59. The van der Waals surface area contributed by atoms with Crippen LogP contribution in [0.2, 0.25) is 0 Å². The average Bonchev–Trinajstić information content (AvgIpc) is 3.35. The van der Waals surface area contributed by atoms with Gasteiger partial charge in [0.1, 0.15) is 0 Å². The number of amides is 2. The van der Waals surface area contributed by atoms with Crippen molar-refractivity contribution in [2.45, 2.75) is 26.2 Å². The number of rotatable bonds is 5. The van der Waals surface area contributed by atoms with E-state index in [0.29, 0.717) is 11.4 Å². The average molecular weight is 309 g/mol. The van der Waals surface area contributed by atoms with E-state index in [2.05, 4.69) is 15.6 Å². The SMILES string of the molecule is Cc1ccc(CC(=O)Nc2cccc(NC(=O)C3CC3)c2)cn1. The third-order valence-corrected chi connectivity index (χ3v) is 3.70. The van der Waals surface area contributed by atoms with Gasteiger partial charge in [-0.25, -0.2) is 0 Å². The van der Waals surface area contributed by atoms with Crippen LogP contribution < -0.4 is 10.6 Å². The summed E-state index contributed by atoms with van der Waals surface area (Å²) in [6.45, 7) is 1.91. The summed E-state index contributed by atoms with van der Waals surface area (Å²) in [7, 11) is 0. The fraction of sp³-hybridized carbons (Fsp3) is 0.278. The van der Waals surface area contributed by atoms with Crippen molar-refractivity contribution >= 4 is 23.2 Å². The van der Waals surface area contributed by atoms with Gasteiger partial charge in [0, 0.05) is 29.2 Å². The van der Waals surface area contributed by atoms with Gasteiger partial charge in [0.05, 0.1) is 6.42 Å². The fourth-order valence-electron chi connectivity index (χ4n) is 2.26. The molecule has 3 rings (SSSR count).